The molecule has 3 aromatic rings. The number of nitrogens with zero attached hydrogens (tertiary/aromatic N) is 1. The highest BCUT2D eigenvalue weighted by atomic mass is 19.1. The molecular weight excluding hydrogens is 236 g/mol. The van der Waals surface area contributed by atoms with Crippen molar-refractivity contribution in [3.05, 3.63) is 48.0 Å². The molecule has 0 saturated heterocycles. The summed E-state index contributed by atoms with van der Waals surface area (Å²) in [6.45, 7) is 0. The first-order chi connectivity index (χ1) is 8.61. The third-order valence-corrected chi connectivity index (χ3v) is 2.64. The van der Waals surface area contributed by atoms with Gasteiger partial charge in [0.25, 0.3) is 0 Å². The third-order valence-electron chi connectivity index (χ3n) is 2.64. The summed E-state index contributed by atoms with van der Waals surface area (Å²) in [7, 11) is 0. The second-order valence-corrected chi connectivity index (χ2v) is 4.02. The molecule has 90 valence electrons. The molecule has 0 amide bonds. The Morgan fingerprint density at radius 1 is 1.00 bits per heavy atom. The number of benzene rings is 2. The Morgan fingerprint density at radius 3 is 2.44 bits per heavy atom. The summed E-state index contributed by atoms with van der Waals surface area (Å²) in [4.78, 5) is 7.24. The van der Waals surface area contributed by atoms with E-state index in [1.54, 1.807) is 18.2 Å². The number of nitrogen functional groups attached to an aromatic ring is 1. The first-order valence-corrected chi connectivity index (χ1v) is 5.33. The maximum absolute atomic E-state index is 13.1. The zero-order chi connectivity index (χ0) is 12.7. The van der Waals surface area contributed by atoms with Crippen molar-refractivity contribution in [3.8, 4) is 11.4 Å². The molecule has 5 heteroatoms. The van der Waals surface area contributed by atoms with Crippen LogP contribution in [0.2, 0.25) is 0 Å². The predicted octanol–water partition coefficient (Wildman–Crippen LogP) is 3.09. The average Bonchev–Trinajstić information content (AvgIpc) is 2.70. The number of fused-ring (bicyclic) bond motifs is 1. The van der Waals surface area contributed by atoms with Gasteiger partial charge in [-0.25, -0.2) is 13.8 Å². The second-order valence-electron chi connectivity index (χ2n) is 4.02. The lowest BCUT2D eigenvalue weighted by atomic mass is 10.2. The Morgan fingerprint density at radius 2 is 1.72 bits per heavy atom. The molecule has 3 rings (SSSR count). The number of aromatic nitrogens is 2. The van der Waals surface area contributed by atoms with E-state index in [1.807, 2.05) is 0 Å². The van der Waals surface area contributed by atoms with Gasteiger partial charge >= 0.3 is 0 Å². The van der Waals surface area contributed by atoms with E-state index in [2.05, 4.69) is 9.97 Å². The van der Waals surface area contributed by atoms with Gasteiger partial charge in [0.1, 0.15) is 17.5 Å². The van der Waals surface area contributed by atoms with Crippen LogP contribution in [0.3, 0.4) is 0 Å². The Balaban J connectivity index is 2.19. The van der Waals surface area contributed by atoms with Crippen LogP contribution in [0.5, 0.6) is 0 Å². The van der Waals surface area contributed by atoms with E-state index in [1.165, 1.54) is 12.1 Å². The Hall–Kier alpha value is -2.43. The summed E-state index contributed by atoms with van der Waals surface area (Å²) in [5, 5.41) is 0. The SMILES string of the molecule is Nc1ccc2nc(-c3cc(F)cc(F)c3)[nH]c2c1. The van der Waals surface area contributed by atoms with Crippen molar-refractivity contribution in [2.24, 2.45) is 0 Å². The number of halogens is 2. The first-order valence-electron chi connectivity index (χ1n) is 5.33. The van der Waals surface area contributed by atoms with E-state index >= 15 is 0 Å². The number of imidazole rings is 1. The Kier molecular flexibility index (Phi) is 2.26. The molecule has 0 bridgehead atoms. The molecule has 0 fully saturated rings. The van der Waals surface area contributed by atoms with Crippen molar-refractivity contribution in [1.29, 1.82) is 0 Å². The molecule has 0 unspecified atom stereocenters. The molecule has 2 aromatic carbocycles. The summed E-state index contributed by atoms with van der Waals surface area (Å²) in [6, 6.07) is 8.47. The Bertz CT molecular complexity index is 714. The highest BCUT2D eigenvalue weighted by Gasteiger charge is 2.08. The zero-order valence-electron chi connectivity index (χ0n) is 9.24. The van der Waals surface area contributed by atoms with E-state index in [4.69, 9.17) is 5.73 Å². The molecule has 0 saturated carbocycles. The van der Waals surface area contributed by atoms with Crippen LogP contribution in [-0.2, 0) is 0 Å². The molecule has 3 nitrogen and oxygen atoms in total. The number of nitrogens with two attached hydrogens (primary N) is 1. The van der Waals surface area contributed by atoms with Crippen LogP contribution in [0, 0.1) is 11.6 Å². The summed E-state index contributed by atoms with van der Waals surface area (Å²) in [5.74, 6) is -0.857. The van der Waals surface area contributed by atoms with Crippen molar-refractivity contribution in [2.45, 2.75) is 0 Å². The maximum atomic E-state index is 13.1. The van der Waals surface area contributed by atoms with Crippen LogP contribution in [0.15, 0.2) is 36.4 Å². The summed E-state index contributed by atoms with van der Waals surface area (Å²) in [5.41, 5.74) is 8.04. The molecule has 0 aliphatic heterocycles. The minimum atomic E-state index is -0.634. The normalized spacial score (nSPS) is 11.0. The van der Waals surface area contributed by atoms with E-state index in [0.29, 0.717) is 22.6 Å². The first kappa shape index (κ1) is 10.7. The van der Waals surface area contributed by atoms with Crippen molar-refractivity contribution in [2.75, 3.05) is 5.73 Å². The maximum Gasteiger partial charge on any atom is 0.138 e. The molecule has 0 spiro atoms. The highest BCUT2D eigenvalue weighted by Crippen LogP contribution is 2.23. The van der Waals surface area contributed by atoms with E-state index in [-0.39, 0.29) is 0 Å². The van der Waals surface area contributed by atoms with Gasteiger partial charge in [0.15, 0.2) is 0 Å². The third kappa shape index (κ3) is 1.79. The average molecular weight is 245 g/mol. The van der Waals surface area contributed by atoms with Gasteiger partial charge in [-0.2, -0.15) is 0 Å². The number of hydrogen-bond acceptors (Lipinski definition) is 2. The second kappa shape index (κ2) is 3.80. The fraction of sp³-hybridized carbons (Fsp3) is 0. The van der Waals surface area contributed by atoms with Gasteiger partial charge in [-0.15, -0.1) is 0 Å². The molecule has 1 aromatic heterocycles. The van der Waals surface area contributed by atoms with Crippen LogP contribution in [-0.4, -0.2) is 9.97 Å². The van der Waals surface area contributed by atoms with Crippen LogP contribution in [0.25, 0.3) is 22.4 Å². The minimum absolute atomic E-state index is 0.363. The van der Waals surface area contributed by atoms with E-state index in [9.17, 15) is 8.78 Å². The van der Waals surface area contributed by atoms with Gasteiger partial charge in [-0.05, 0) is 30.3 Å². The lowest BCUT2D eigenvalue weighted by molar-refractivity contribution is 0.584. The van der Waals surface area contributed by atoms with Crippen LogP contribution < -0.4 is 5.73 Å². The van der Waals surface area contributed by atoms with Crippen LogP contribution in [0.4, 0.5) is 14.5 Å². The van der Waals surface area contributed by atoms with E-state index in [0.717, 1.165) is 11.6 Å². The molecular formula is C13H9F2N3. The Labute approximate surface area is 101 Å². The number of rotatable bonds is 1. The molecule has 18 heavy (non-hydrogen) atoms. The lowest BCUT2D eigenvalue weighted by Crippen LogP contribution is -1.85. The molecule has 0 aliphatic rings. The highest BCUT2D eigenvalue weighted by molar-refractivity contribution is 5.82. The van der Waals surface area contributed by atoms with Crippen LogP contribution >= 0.6 is 0 Å². The van der Waals surface area contributed by atoms with Gasteiger partial charge in [-0.1, -0.05) is 0 Å². The fourth-order valence-corrected chi connectivity index (χ4v) is 1.85. The zero-order valence-corrected chi connectivity index (χ0v) is 9.24. The van der Waals surface area contributed by atoms with Crippen LogP contribution in [0.1, 0.15) is 0 Å². The predicted molar refractivity (Wildman–Crippen MR) is 65.9 cm³/mol. The molecule has 0 aliphatic carbocycles. The smallest absolute Gasteiger partial charge is 0.138 e. The largest absolute Gasteiger partial charge is 0.399 e. The monoisotopic (exact) mass is 245 g/mol. The van der Waals surface area contributed by atoms with Gasteiger partial charge in [-0.3, -0.25) is 0 Å². The van der Waals surface area contributed by atoms with Gasteiger partial charge in [0, 0.05) is 17.3 Å². The van der Waals surface area contributed by atoms with E-state index < -0.39 is 11.6 Å². The summed E-state index contributed by atoms with van der Waals surface area (Å²) < 4.78 is 26.3. The quantitative estimate of drug-likeness (QED) is 0.647. The minimum Gasteiger partial charge on any atom is -0.399 e. The topological polar surface area (TPSA) is 54.7 Å². The number of hydrogen-bond donors (Lipinski definition) is 2. The number of aromatic amines is 1. The standard InChI is InChI=1S/C13H9F2N3/c14-8-3-7(4-9(15)5-8)13-17-11-2-1-10(16)6-12(11)18-13/h1-6H,16H2,(H,17,18). The molecule has 3 N–H and O–H groups in total. The van der Waals surface area contributed by atoms with Crippen molar-refractivity contribution in [1.82, 2.24) is 9.97 Å². The molecule has 0 atom stereocenters. The molecule has 0 radical (unpaired) electrons. The lowest BCUT2D eigenvalue weighted by Gasteiger charge is -1.97. The van der Waals surface area contributed by atoms with Gasteiger partial charge in [0.05, 0.1) is 11.0 Å². The number of anilines is 1. The number of nitrogens with one attached hydrogen (secondary N) is 1. The van der Waals surface area contributed by atoms with Crippen molar-refractivity contribution >= 4 is 16.7 Å². The van der Waals surface area contributed by atoms with Crippen molar-refractivity contribution in [3.63, 3.8) is 0 Å². The van der Waals surface area contributed by atoms with Gasteiger partial charge in [0.2, 0.25) is 0 Å². The fourth-order valence-electron chi connectivity index (χ4n) is 1.85. The molecule has 1 heterocycles. The van der Waals surface area contributed by atoms with Crippen molar-refractivity contribution < 1.29 is 8.78 Å². The number of H-pyrrole nitrogens is 1. The summed E-state index contributed by atoms with van der Waals surface area (Å²) >= 11 is 0. The van der Waals surface area contributed by atoms with Gasteiger partial charge < -0.3 is 10.7 Å². The summed E-state index contributed by atoms with van der Waals surface area (Å²) in [6.07, 6.45) is 0.